The molecular formula is C14H15N4O3S+. The third-order valence-corrected chi connectivity index (χ3v) is 4.38. The van der Waals surface area contributed by atoms with Gasteiger partial charge >= 0.3 is 11.9 Å². The van der Waals surface area contributed by atoms with E-state index in [0.717, 1.165) is 10.7 Å². The van der Waals surface area contributed by atoms with Crippen LogP contribution in [0.3, 0.4) is 0 Å². The second kappa shape index (κ2) is 5.53. The quantitative estimate of drug-likeness (QED) is 0.773. The molecule has 114 valence electrons. The number of furan rings is 1. The summed E-state index contributed by atoms with van der Waals surface area (Å²) >= 11 is 1.47. The van der Waals surface area contributed by atoms with Crippen molar-refractivity contribution in [2.45, 2.75) is 6.92 Å². The number of amides is 3. The Balaban J connectivity index is 2.17. The lowest BCUT2D eigenvalue weighted by molar-refractivity contribution is -0.407. The minimum absolute atomic E-state index is 0.306. The second-order valence-electron chi connectivity index (χ2n) is 4.83. The van der Waals surface area contributed by atoms with Gasteiger partial charge in [0.2, 0.25) is 0 Å². The van der Waals surface area contributed by atoms with E-state index in [4.69, 9.17) is 4.42 Å². The van der Waals surface area contributed by atoms with E-state index in [2.05, 4.69) is 9.98 Å². The highest BCUT2D eigenvalue weighted by Crippen LogP contribution is 2.26. The van der Waals surface area contributed by atoms with E-state index in [1.807, 2.05) is 6.92 Å². The molecule has 3 amide bonds. The summed E-state index contributed by atoms with van der Waals surface area (Å²) in [5, 5.41) is 0.634. The molecule has 0 saturated carbocycles. The summed E-state index contributed by atoms with van der Waals surface area (Å²) in [7, 11) is 3.08. The summed E-state index contributed by atoms with van der Waals surface area (Å²) in [4.78, 5) is 34.6. The van der Waals surface area contributed by atoms with Crippen molar-refractivity contribution in [2.75, 3.05) is 19.8 Å². The maximum atomic E-state index is 12.5. The molecular weight excluding hydrogens is 304 g/mol. The van der Waals surface area contributed by atoms with Crippen molar-refractivity contribution < 1.29 is 18.6 Å². The molecule has 0 spiro atoms. The first-order valence-corrected chi connectivity index (χ1v) is 7.79. The molecule has 1 aromatic heterocycles. The van der Waals surface area contributed by atoms with Crippen LogP contribution in [0.4, 0.5) is 4.79 Å². The summed E-state index contributed by atoms with van der Waals surface area (Å²) in [6.45, 7) is 1.98. The Bertz CT molecular complexity index is 733. The van der Waals surface area contributed by atoms with E-state index in [0.29, 0.717) is 22.5 Å². The molecule has 1 aromatic rings. The van der Waals surface area contributed by atoms with Crippen molar-refractivity contribution >= 4 is 40.4 Å². The first-order chi connectivity index (χ1) is 10.5. The van der Waals surface area contributed by atoms with Crippen molar-refractivity contribution in [3.63, 3.8) is 0 Å². The van der Waals surface area contributed by atoms with Crippen LogP contribution < -0.4 is 0 Å². The summed E-state index contributed by atoms with van der Waals surface area (Å²) < 4.78 is 6.72. The summed E-state index contributed by atoms with van der Waals surface area (Å²) in [6.07, 6.45) is 1.53. The molecule has 0 bridgehead atoms. The van der Waals surface area contributed by atoms with E-state index in [-0.39, 0.29) is 5.91 Å². The zero-order valence-electron chi connectivity index (χ0n) is 12.4. The van der Waals surface area contributed by atoms with Crippen LogP contribution in [0.25, 0.3) is 0 Å². The molecule has 0 radical (unpaired) electrons. The van der Waals surface area contributed by atoms with Crippen molar-refractivity contribution in [2.24, 2.45) is 15.9 Å². The maximum absolute atomic E-state index is 12.5. The first-order valence-electron chi connectivity index (χ1n) is 6.80. The molecule has 1 unspecified atom stereocenters. The minimum atomic E-state index is -0.628. The Labute approximate surface area is 131 Å². The van der Waals surface area contributed by atoms with Gasteiger partial charge in [-0.1, -0.05) is 11.9 Å². The fourth-order valence-electron chi connectivity index (χ4n) is 2.35. The molecule has 7 nitrogen and oxygen atoms in total. The molecule has 0 aliphatic carbocycles. The first kappa shape index (κ1) is 14.7. The third-order valence-electron chi connectivity index (χ3n) is 3.47. The van der Waals surface area contributed by atoms with E-state index < -0.39 is 11.9 Å². The van der Waals surface area contributed by atoms with Gasteiger partial charge in [0.1, 0.15) is 5.04 Å². The predicted octanol–water partition coefficient (Wildman–Crippen LogP) is 1.44. The number of hydrogen-bond acceptors (Lipinski definition) is 6. The number of carbonyl (C=O) groups excluding carboxylic acids is 2. The SMILES string of the molecule is CCSC1=NC(c2ccco2)=NC2=[N+](C)C(=O)N(C)C(=O)C12. The molecule has 2 aliphatic rings. The average molecular weight is 319 g/mol. The lowest BCUT2D eigenvalue weighted by Gasteiger charge is -2.26. The van der Waals surface area contributed by atoms with Gasteiger partial charge in [0.25, 0.3) is 11.7 Å². The molecule has 3 heterocycles. The van der Waals surface area contributed by atoms with Crippen LogP contribution in [-0.2, 0) is 4.79 Å². The molecule has 0 fully saturated rings. The lowest BCUT2D eigenvalue weighted by Crippen LogP contribution is -2.54. The molecule has 3 rings (SSSR count). The largest absolute Gasteiger partial charge is 0.459 e. The van der Waals surface area contributed by atoms with E-state index in [1.54, 1.807) is 19.2 Å². The molecule has 0 saturated heterocycles. The Morgan fingerprint density at radius 1 is 1.41 bits per heavy atom. The summed E-state index contributed by atoms with van der Waals surface area (Å²) in [6, 6.07) is 3.09. The normalized spacial score (nSPS) is 21.8. The maximum Gasteiger partial charge on any atom is 0.445 e. The molecule has 8 heteroatoms. The zero-order chi connectivity index (χ0) is 15.9. The highest BCUT2D eigenvalue weighted by Gasteiger charge is 2.49. The van der Waals surface area contributed by atoms with Gasteiger partial charge in [0.05, 0.1) is 20.4 Å². The Morgan fingerprint density at radius 3 is 2.82 bits per heavy atom. The highest BCUT2D eigenvalue weighted by molar-refractivity contribution is 8.14. The third kappa shape index (κ3) is 2.19. The molecule has 0 N–H and O–H groups in total. The Morgan fingerprint density at radius 2 is 2.18 bits per heavy atom. The standard InChI is InChI=1S/C14H15N4O3S/c1-4-22-12-9-11(17(2)14(20)18(3)13(9)19)15-10(16-12)8-6-5-7-21-8/h5-7,9H,4H2,1-3H3/q+1. The van der Waals surface area contributed by atoms with Crippen molar-refractivity contribution in [1.82, 2.24) is 4.90 Å². The van der Waals surface area contributed by atoms with Crippen molar-refractivity contribution in [3.05, 3.63) is 24.2 Å². The Hall–Kier alpha value is -2.22. The summed E-state index contributed by atoms with van der Waals surface area (Å²) in [5.74, 6) is 1.11. The second-order valence-corrected chi connectivity index (χ2v) is 6.11. The number of nitrogens with zero attached hydrogens (tertiary/aromatic N) is 4. The van der Waals surface area contributed by atoms with E-state index in [1.165, 1.54) is 29.6 Å². The number of rotatable bonds is 2. The average Bonchev–Trinajstić information content (AvgIpc) is 3.05. The van der Waals surface area contributed by atoms with E-state index in [9.17, 15) is 9.59 Å². The predicted molar refractivity (Wildman–Crippen MR) is 83.7 cm³/mol. The van der Waals surface area contributed by atoms with Gasteiger partial charge in [-0.2, -0.15) is 9.48 Å². The van der Waals surface area contributed by atoms with Gasteiger partial charge < -0.3 is 4.42 Å². The fraction of sp³-hybridized carbons (Fsp3) is 0.357. The molecule has 22 heavy (non-hydrogen) atoms. The van der Waals surface area contributed by atoms with Gasteiger partial charge in [-0.05, 0) is 17.9 Å². The molecule has 2 aliphatic heterocycles. The van der Waals surface area contributed by atoms with Crippen LogP contribution in [-0.4, -0.2) is 58.0 Å². The number of imide groups is 1. The van der Waals surface area contributed by atoms with Crippen LogP contribution in [0, 0.1) is 5.92 Å². The van der Waals surface area contributed by atoms with Gasteiger partial charge in [-0.15, -0.1) is 11.8 Å². The number of hydrogen-bond donors (Lipinski definition) is 0. The van der Waals surface area contributed by atoms with Crippen LogP contribution in [0.1, 0.15) is 12.7 Å². The lowest BCUT2D eigenvalue weighted by atomic mass is 10.0. The minimum Gasteiger partial charge on any atom is -0.459 e. The zero-order valence-corrected chi connectivity index (χ0v) is 13.3. The number of fused-ring (bicyclic) bond motifs is 1. The van der Waals surface area contributed by atoms with Gasteiger partial charge in [-0.25, -0.2) is 9.79 Å². The van der Waals surface area contributed by atoms with E-state index >= 15 is 0 Å². The van der Waals surface area contributed by atoms with Crippen LogP contribution in [0.5, 0.6) is 0 Å². The number of aliphatic imine (C=N–C) groups is 2. The highest BCUT2D eigenvalue weighted by atomic mass is 32.2. The topological polar surface area (TPSA) is 78.2 Å². The smallest absolute Gasteiger partial charge is 0.445 e. The van der Waals surface area contributed by atoms with Crippen molar-refractivity contribution in [3.8, 4) is 0 Å². The van der Waals surface area contributed by atoms with Crippen LogP contribution >= 0.6 is 11.8 Å². The van der Waals surface area contributed by atoms with Crippen LogP contribution in [0.2, 0.25) is 0 Å². The fourth-order valence-corrected chi connectivity index (χ4v) is 3.17. The van der Waals surface area contributed by atoms with Gasteiger partial charge in [0, 0.05) is 0 Å². The number of amidine groups is 2. The van der Waals surface area contributed by atoms with Gasteiger partial charge in [0.15, 0.2) is 11.7 Å². The number of urea groups is 1. The van der Waals surface area contributed by atoms with Crippen LogP contribution in [0.15, 0.2) is 32.8 Å². The number of thioether (sulfide) groups is 1. The summed E-state index contributed by atoms with van der Waals surface area (Å²) in [5.41, 5.74) is 0. The van der Waals surface area contributed by atoms with Gasteiger partial charge in [-0.3, -0.25) is 4.79 Å². The monoisotopic (exact) mass is 319 g/mol. The number of carbonyl (C=O) groups is 2. The Kier molecular flexibility index (Phi) is 3.69. The molecule has 1 atom stereocenters. The molecule has 0 aromatic carbocycles. The van der Waals surface area contributed by atoms with Crippen molar-refractivity contribution in [1.29, 1.82) is 0 Å².